The number of hydrogen-bond donors (Lipinski definition) is 0. The summed E-state index contributed by atoms with van der Waals surface area (Å²) in [6.07, 6.45) is -3.76. The molecule has 0 atom stereocenters. The molecule has 3 rings (SSSR count). The predicted octanol–water partition coefficient (Wildman–Crippen LogP) is 4.01. The lowest BCUT2D eigenvalue weighted by Crippen LogP contribution is -2.49. The number of rotatable bonds is 4. The Labute approximate surface area is 171 Å². The largest absolute Gasteiger partial charge is 0.436 e. The first-order valence-corrected chi connectivity index (χ1v) is 9.58. The number of piperidine rings is 1. The molecule has 1 aromatic heterocycles. The molecule has 1 amide bonds. The van der Waals surface area contributed by atoms with Crippen molar-refractivity contribution in [3.63, 3.8) is 0 Å². The van der Waals surface area contributed by atoms with Crippen LogP contribution in [0, 0.1) is 6.92 Å². The maximum atomic E-state index is 13.0. The molecule has 0 unspecified atom stereocenters. The van der Waals surface area contributed by atoms with Crippen LogP contribution in [0.4, 0.5) is 13.2 Å². The maximum absolute atomic E-state index is 13.0. The quantitative estimate of drug-likeness (QED) is 0.740. The van der Waals surface area contributed by atoms with Gasteiger partial charge in [0.05, 0.1) is 16.1 Å². The van der Waals surface area contributed by atoms with Crippen molar-refractivity contribution in [3.8, 4) is 0 Å². The van der Waals surface area contributed by atoms with Crippen LogP contribution >= 0.6 is 11.6 Å². The molecule has 0 spiro atoms. The normalized spacial score (nSPS) is 16.7. The van der Waals surface area contributed by atoms with Gasteiger partial charge in [-0.3, -0.25) is 14.3 Å². The molecule has 5 nitrogen and oxygen atoms in total. The Morgan fingerprint density at radius 2 is 1.76 bits per heavy atom. The van der Waals surface area contributed by atoms with Gasteiger partial charge in [-0.15, -0.1) is 0 Å². The van der Waals surface area contributed by atoms with Crippen LogP contribution in [0.2, 0.25) is 5.02 Å². The second-order valence-corrected chi connectivity index (χ2v) is 7.67. The third-order valence-electron chi connectivity index (χ3n) is 5.66. The number of nitrogens with zero attached hydrogens (tertiary/aromatic N) is 3. The van der Waals surface area contributed by atoms with Crippen molar-refractivity contribution in [1.82, 2.24) is 14.7 Å². The van der Waals surface area contributed by atoms with Gasteiger partial charge in [0.15, 0.2) is 5.69 Å². The van der Waals surface area contributed by atoms with Gasteiger partial charge in [0.1, 0.15) is 12.3 Å². The van der Waals surface area contributed by atoms with Crippen molar-refractivity contribution in [2.24, 2.45) is 0 Å². The van der Waals surface area contributed by atoms with Crippen LogP contribution in [-0.2, 0) is 27.7 Å². The minimum absolute atomic E-state index is 0.0420. The number of halogens is 4. The van der Waals surface area contributed by atoms with Gasteiger partial charge in [0.2, 0.25) is 5.91 Å². The molecular weight excluding hydrogens is 407 g/mol. The standard InChI is InChI=1S/C20H21ClF3N3O2/c1-13-17(21)18(20(22,23)24)25-27(13)12-16(29)26-10-8-19(9-11-26,14(2)28)15-6-4-3-5-7-15/h3-7H,8-12H2,1-2H3. The van der Waals surface area contributed by atoms with Crippen molar-refractivity contribution >= 4 is 23.3 Å². The average Bonchev–Trinajstić information content (AvgIpc) is 2.97. The smallest absolute Gasteiger partial charge is 0.341 e. The average molecular weight is 428 g/mol. The number of Topliss-reactive ketones (excluding diaryl/α,β-unsaturated/α-hetero) is 1. The number of likely N-dealkylation sites (tertiary alicyclic amines) is 1. The van der Waals surface area contributed by atoms with Gasteiger partial charge in [-0.2, -0.15) is 18.3 Å². The molecule has 0 saturated carbocycles. The predicted molar refractivity (Wildman–Crippen MR) is 102 cm³/mol. The van der Waals surface area contributed by atoms with E-state index in [0.717, 1.165) is 10.2 Å². The molecule has 9 heteroatoms. The first-order chi connectivity index (χ1) is 13.6. The fourth-order valence-electron chi connectivity index (χ4n) is 3.83. The second-order valence-electron chi connectivity index (χ2n) is 7.29. The molecule has 2 aromatic rings. The highest BCUT2D eigenvalue weighted by Gasteiger charge is 2.42. The lowest BCUT2D eigenvalue weighted by atomic mass is 9.70. The summed E-state index contributed by atoms with van der Waals surface area (Å²) in [6.45, 7) is 3.30. The summed E-state index contributed by atoms with van der Waals surface area (Å²) < 4.78 is 39.9. The highest BCUT2D eigenvalue weighted by molar-refractivity contribution is 6.32. The summed E-state index contributed by atoms with van der Waals surface area (Å²) in [5, 5.41) is 2.98. The second kappa shape index (κ2) is 7.82. The number of ketones is 1. The SMILES string of the molecule is CC(=O)C1(c2ccccc2)CCN(C(=O)Cn2nc(C(F)(F)F)c(Cl)c2C)CC1. The molecule has 29 heavy (non-hydrogen) atoms. The summed E-state index contributed by atoms with van der Waals surface area (Å²) in [6, 6.07) is 9.45. The fourth-order valence-corrected chi connectivity index (χ4v) is 4.07. The van der Waals surface area contributed by atoms with E-state index in [1.165, 1.54) is 6.92 Å². The van der Waals surface area contributed by atoms with E-state index in [4.69, 9.17) is 11.6 Å². The number of hydrogen-bond acceptors (Lipinski definition) is 3. The third kappa shape index (κ3) is 4.03. The van der Waals surface area contributed by atoms with Crippen LogP contribution < -0.4 is 0 Å². The van der Waals surface area contributed by atoms with Crippen LogP contribution in [0.15, 0.2) is 30.3 Å². The number of alkyl halides is 3. The van der Waals surface area contributed by atoms with Crippen molar-refractivity contribution < 1.29 is 22.8 Å². The van der Waals surface area contributed by atoms with Gasteiger partial charge < -0.3 is 4.90 Å². The number of carbonyl (C=O) groups excluding carboxylic acids is 2. The van der Waals surface area contributed by atoms with Crippen LogP contribution in [0.3, 0.4) is 0 Å². The van der Waals surface area contributed by atoms with E-state index in [1.54, 1.807) is 11.8 Å². The molecule has 156 valence electrons. The van der Waals surface area contributed by atoms with E-state index in [-0.39, 0.29) is 23.9 Å². The van der Waals surface area contributed by atoms with Crippen LogP contribution in [0.25, 0.3) is 0 Å². The third-order valence-corrected chi connectivity index (χ3v) is 6.11. The number of amides is 1. The lowest BCUT2D eigenvalue weighted by Gasteiger charge is -2.40. The summed E-state index contributed by atoms with van der Waals surface area (Å²) in [4.78, 5) is 26.7. The lowest BCUT2D eigenvalue weighted by molar-refractivity contribution is -0.142. The van der Waals surface area contributed by atoms with Crippen molar-refractivity contribution in [2.75, 3.05) is 13.1 Å². The minimum atomic E-state index is -4.68. The number of benzene rings is 1. The summed E-state index contributed by atoms with van der Waals surface area (Å²) in [7, 11) is 0. The Kier molecular flexibility index (Phi) is 5.76. The maximum Gasteiger partial charge on any atom is 0.436 e. The molecule has 1 saturated heterocycles. The molecule has 0 radical (unpaired) electrons. The van der Waals surface area contributed by atoms with E-state index in [0.29, 0.717) is 25.9 Å². The molecule has 0 aliphatic carbocycles. The Bertz CT molecular complexity index is 917. The number of carbonyl (C=O) groups is 2. The van der Waals surface area contributed by atoms with Crippen LogP contribution in [0.5, 0.6) is 0 Å². The Balaban J connectivity index is 1.73. The summed E-state index contributed by atoms with van der Waals surface area (Å²) in [5.74, 6) is -0.313. The minimum Gasteiger partial charge on any atom is -0.341 e. The van der Waals surface area contributed by atoms with Crippen molar-refractivity contribution in [2.45, 2.75) is 44.8 Å². The Morgan fingerprint density at radius 3 is 2.24 bits per heavy atom. The monoisotopic (exact) mass is 427 g/mol. The fraction of sp³-hybridized carbons (Fsp3) is 0.450. The molecule has 1 aliphatic rings. The van der Waals surface area contributed by atoms with Gasteiger partial charge in [-0.1, -0.05) is 41.9 Å². The molecule has 2 heterocycles. The van der Waals surface area contributed by atoms with Gasteiger partial charge >= 0.3 is 6.18 Å². The van der Waals surface area contributed by atoms with Gasteiger partial charge in [0, 0.05) is 13.1 Å². The van der Waals surface area contributed by atoms with Crippen molar-refractivity contribution in [3.05, 3.63) is 52.3 Å². The molecular formula is C20H21ClF3N3O2. The van der Waals surface area contributed by atoms with E-state index < -0.39 is 22.3 Å². The first-order valence-electron chi connectivity index (χ1n) is 9.21. The Hall–Kier alpha value is -2.35. The molecule has 0 N–H and O–H groups in total. The molecule has 0 bridgehead atoms. The van der Waals surface area contributed by atoms with Crippen LogP contribution in [-0.4, -0.2) is 39.5 Å². The zero-order valence-electron chi connectivity index (χ0n) is 16.1. The molecule has 1 fully saturated rings. The van der Waals surface area contributed by atoms with Gasteiger partial charge in [-0.25, -0.2) is 0 Å². The Morgan fingerprint density at radius 1 is 1.17 bits per heavy atom. The highest BCUT2D eigenvalue weighted by Crippen LogP contribution is 2.37. The molecule has 1 aromatic carbocycles. The number of aromatic nitrogens is 2. The van der Waals surface area contributed by atoms with E-state index in [1.807, 2.05) is 30.3 Å². The molecule has 1 aliphatic heterocycles. The van der Waals surface area contributed by atoms with E-state index in [2.05, 4.69) is 5.10 Å². The van der Waals surface area contributed by atoms with E-state index in [9.17, 15) is 22.8 Å². The summed E-state index contributed by atoms with van der Waals surface area (Å²) in [5.41, 5.74) is -0.828. The first kappa shape index (κ1) is 21.4. The zero-order valence-corrected chi connectivity index (χ0v) is 16.8. The highest BCUT2D eigenvalue weighted by atomic mass is 35.5. The summed E-state index contributed by atoms with van der Waals surface area (Å²) >= 11 is 5.74. The van der Waals surface area contributed by atoms with Crippen molar-refractivity contribution in [1.29, 1.82) is 0 Å². The van der Waals surface area contributed by atoms with Crippen LogP contribution in [0.1, 0.15) is 36.7 Å². The van der Waals surface area contributed by atoms with Gasteiger partial charge in [-0.05, 0) is 32.3 Å². The van der Waals surface area contributed by atoms with Gasteiger partial charge in [0.25, 0.3) is 0 Å². The topological polar surface area (TPSA) is 55.2 Å². The van der Waals surface area contributed by atoms with E-state index >= 15 is 0 Å². The zero-order chi connectivity index (χ0) is 21.4.